The Morgan fingerprint density at radius 2 is 1.83 bits per heavy atom. The van der Waals surface area contributed by atoms with E-state index in [1.165, 1.54) is 11.9 Å². The largest absolute Gasteiger partial charge is 0.368 e. The van der Waals surface area contributed by atoms with Gasteiger partial charge in [0.25, 0.3) is 5.71 Å². The van der Waals surface area contributed by atoms with E-state index < -0.39 is 0 Å². The maximum absolute atomic E-state index is 5.39. The number of aromatic nitrogens is 3. The van der Waals surface area contributed by atoms with E-state index in [0.717, 1.165) is 48.6 Å². The van der Waals surface area contributed by atoms with Gasteiger partial charge in [0.2, 0.25) is 0 Å². The second-order valence-electron chi connectivity index (χ2n) is 5.75. The molecule has 0 aliphatic rings. The van der Waals surface area contributed by atoms with Crippen LogP contribution in [-0.2, 0) is 0 Å². The van der Waals surface area contributed by atoms with Crippen LogP contribution in [0.3, 0.4) is 0 Å². The van der Waals surface area contributed by atoms with Crippen molar-refractivity contribution in [1.29, 1.82) is 0 Å². The van der Waals surface area contributed by atoms with Crippen LogP contribution in [0.25, 0.3) is 22.4 Å². The van der Waals surface area contributed by atoms with E-state index in [0.29, 0.717) is 5.71 Å². The molecule has 0 amide bonds. The molecule has 0 saturated carbocycles. The van der Waals surface area contributed by atoms with E-state index in [1.54, 1.807) is 0 Å². The predicted octanol–water partition coefficient (Wildman–Crippen LogP) is 3.35. The molecule has 0 aliphatic heterocycles. The summed E-state index contributed by atoms with van der Waals surface area (Å²) in [6.45, 7) is 10.3. The summed E-state index contributed by atoms with van der Waals surface area (Å²) in [5.74, 6) is 0.768. The van der Waals surface area contributed by atoms with Gasteiger partial charge in [-0.3, -0.25) is 0 Å². The Morgan fingerprint density at radius 1 is 1.08 bits per heavy atom. The number of anilines is 1. The number of nitrogens with one attached hydrogen (secondary N) is 1. The molecule has 1 aromatic carbocycles. The Labute approximate surface area is 141 Å². The van der Waals surface area contributed by atoms with Gasteiger partial charge in [0.1, 0.15) is 23.2 Å². The average Bonchev–Trinajstić information content (AvgIpc) is 3.04. The van der Waals surface area contributed by atoms with Crippen LogP contribution in [0.15, 0.2) is 35.1 Å². The summed E-state index contributed by atoms with van der Waals surface area (Å²) in [6, 6.07) is 8.21. The lowest BCUT2D eigenvalue weighted by Gasteiger charge is -2.18. The molecule has 126 valence electrons. The van der Waals surface area contributed by atoms with Crippen LogP contribution in [0.4, 0.5) is 5.82 Å². The second-order valence-corrected chi connectivity index (χ2v) is 5.75. The molecule has 0 unspecified atom stereocenters. The number of nitrogens with zero attached hydrogens (tertiary/aromatic N) is 4. The summed E-state index contributed by atoms with van der Waals surface area (Å²) < 4.78 is 5.39. The summed E-state index contributed by atoms with van der Waals surface area (Å²) >= 11 is 0. The van der Waals surface area contributed by atoms with Crippen LogP contribution >= 0.6 is 0 Å². The molecule has 24 heavy (non-hydrogen) atoms. The Hall–Kier alpha value is -2.47. The van der Waals surface area contributed by atoms with Crippen LogP contribution in [-0.4, -0.2) is 46.2 Å². The Bertz CT molecular complexity index is 793. The molecule has 0 bridgehead atoms. The first kappa shape index (κ1) is 16.4. The smallest absolute Gasteiger partial charge is 0.263 e. The van der Waals surface area contributed by atoms with Gasteiger partial charge in [-0.15, -0.1) is 0 Å². The molecule has 3 aromatic rings. The fourth-order valence-electron chi connectivity index (χ4n) is 2.70. The molecule has 6 heteroatoms. The van der Waals surface area contributed by atoms with Gasteiger partial charge in [0, 0.05) is 18.7 Å². The van der Waals surface area contributed by atoms with E-state index >= 15 is 0 Å². The van der Waals surface area contributed by atoms with Gasteiger partial charge in [-0.2, -0.15) is 4.98 Å². The second kappa shape index (κ2) is 7.40. The first-order valence-electron chi connectivity index (χ1n) is 8.36. The zero-order valence-corrected chi connectivity index (χ0v) is 14.4. The summed E-state index contributed by atoms with van der Waals surface area (Å²) in [5.41, 5.74) is 3.49. The van der Waals surface area contributed by atoms with Gasteiger partial charge < -0.3 is 14.7 Å². The van der Waals surface area contributed by atoms with Crippen molar-refractivity contribution < 1.29 is 4.52 Å². The quantitative estimate of drug-likeness (QED) is 0.718. The van der Waals surface area contributed by atoms with Crippen LogP contribution in [0.5, 0.6) is 0 Å². The highest BCUT2D eigenvalue weighted by Crippen LogP contribution is 2.31. The molecule has 3 rings (SSSR count). The third-order valence-electron chi connectivity index (χ3n) is 4.21. The molecule has 0 aliphatic carbocycles. The lowest BCUT2D eigenvalue weighted by Crippen LogP contribution is -2.28. The molecule has 0 fully saturated rings. The van der Waals surface area contributed by atoms with Gasteiger partial charge in [-0.1, -0.05) is 48.8 Å². The number of fused-ring (bicyclic) bond motifs is 1. The number of hydrogen-bond acceptors (Lipinski definition) is 6. The van der Waals surface area contributed by atoms with Crippen molar-refractivity contribution in [2.24, 2.45) is 0 Å². The maximum atomic E-state index is 5.39. The zero-order valence-electron chi connectivity index (χ0n) is 14.4. The maximum Gasteiger partial charge on any atom is 0.263 e. The average molecular weight is 325 g/mol. The van der Waals surface area contributed by atoms with Crippen molar-refractivity contribution in [2.45, 2.75) is 20.8 Å². The normalized spacial score (nSPS) is 11.3. The van der Waals surface area contributed by atoms with E-state index in [2.05, 4.69) is 58.2 Å². The number of rotatable bonds is 7. The van der Waals surface area contributed by atoms with E-state index in [1.807, 2.05) is 12.1 Å². The summed E-state index contributed by atoms with van der Waals surface area (Å²) in [7, 11) is 0. The van der Waals surface area contributed by atoms with Crippen LogP contribution in [0, 0.1) is 6.92 Å². The minimum absolute atomic E-state index is 0.505. The van der Waals surface area contributed by atoms with Gasteiger partial charge in [-0.25, -0.2) is 4.98 Å². The van der Waals surface area contributed by atoms with Crippen molar-refractivity contribution in [1.82, 2.24) is 20.0 Å². The molecule has 0 atom stereocenters. The SMILES string of the molecule is CCN(CC)CCNc1ncnc2onc(-c3ccc(C)cc3)c12. The van der Waals surface area contributed by atoms with Gasteiger partial charge in [0.15, 0.2) is 0 Å². The molecule has 1 N–H and O–H groups in total. The lowest BCUT2D eigenvalue weighted by atomic mass is 10.1. The standard InChI is InChI=1S/C18H23N5O/c1-4-23(5-2)11-10-19-17-15-16(14-8-6-13(3)7-9-14)22-24-18(15)21-12-20-17/h6-9,12H,4-5,10-11H2,1-3H3,(H,19,20,21). The molecular weight excluding hydrogens is 302 g/mol. The van der Waals surface area contributed by atoms with Crippen molar-refractivity contribution in [3.8, 4) is 11.3 Å². The molecule has 0 spiro atoms. The van der Waals surface area contributed by atoms with Crippen molar-refractivity contribution >= 4 is 16.9 Å². The monoisotopic (exact) mass is 325 g/mol. The van der Waals surface area contributed by atoms with Crippen molar-refractivity contribution in [2.75, 3.05) is 31.5 Å². The first-order valence-corrected chi connectivity index (χ1v) is 8.36. The van der Waals surface area contributed by atoms with Crippen LogP contribution in [0.1, 0.15) is 19.4 Å². The van der Waals surface area contributed by atoms with Crippen molar-refractivity contribution in [3.05, 3.63) is 36.2 Å². The highest BCUT2D eigenvalue weighted by atomic mass is 16.5. The minimum atomic E-state index is 0.505. The summed E-state index contributed by atoms with van der Waals surface area (Å²) in [6.07, 6.45) is 1.51. The highest BCUT2D eigenvalue weighted by molar-refractivity contribution is 5.97. The van der Waals surface area contributed by atoms with E-state index in [-0.39, 0.29) is 0 Å². The predicted molar refractivity (Wildman–Crippen MR) is 96.0 cm³/mol. The number of aryl methyl sites for hydroxylation is 1. The number of benzene rings is 1. The van der Waals surface area contributed by atoms with Gasteiger partial charge in [-0.05, 0) is 20.0 Å². The first-order chi connectivity index (χ1) is 11.7. The Balaban J connectivity index is 1.88. The molecule has 2 aromatic heterocycles. The fraction of sp³-hybridized carbons (Fsp3) is 0.389. The highest BCUT2D eigenvalue weighted by Gasteiger charge is 2.16. The third-order valence-corrected chi connectivity index (χ3v) is 4.21. The number of likely N-dealkylation sites (N-methyl/N-ethyl adjacent to an activating group) is 1. The topological polar surface area (TPSA) is 67.1 Å². The summed E-state index contributed by atoms with van der Waals surface area (Å²) in [5, 5.41) is 8.44. The van der Waals surface area contributed by atoms with Crippen molar-refractivity contribution in [3.63, 3.8) is 0 Å². The zero-order chi connectivity index (χ0) is 16.9. The van der Waals surface area contributed by atoms with Crippen LogP contribution in [0.2, 0.25) is 0 Å². The lowest BCUT2D eigenvalue weighted by molar-refractivity contribution is 0.316. The molecule has 0 radical (unpaired) electrons. The van der Waals surface area contributed by atoms with Gasteiger partial charge >= 0.3 is 0 Å². The molecule has 2 heterocycles. The number of hydrogen-bond donors (Lipinski definition) is 1. The Morgan fingerprint density at radius 3 is 2.54 bits per heavy atom. The minimum Gasteiger partial charge on any atom is -0.368 e. The Kier molecular flexibility index (Phi) is 5.05. The van der Waals surface area contributed by atoms with Crippen LogP contribution < -0.4 is 5.32 Å². The third kappa shape index (κ3) is 3.38. The summed E-state index contributed by atoms with van der Waals surface area (Å²) in [4.78, 5) is 10.9. The van der Waals surface area contributed by atoms with Gasteiger partial charge in [0.05, 0.1) is 0 Å². The molecule has 6 nitrogen and oxygen atoms in total. The molecular formula is C18H23N5O. The molecule has 0 saturated heterocycles. The fourth-order valence-corrected chi connectivity index (χ4v) is 2.70. The van der Waals surface area contributed by atoms with E-state index in [9.17, 15) is 0 Å². The van der Waals surface area contributed by atoms with E-state index in [4.69, 9.17) is 4.52 Å².